The minimum absolute atomic E-state index is 0.0321. The third-order valence-electron chi connectivity index (χ3n) is 4.69. The molecular formula is C14H26N2O4S. The molecule has 0 aromatic rings. The SMILES string of the molecule is CCC1(CNC(=O)N2CCOC(CS(C)(=O)=O)C2)CCC1. The largest absolute Gasteiger partial charge is 0.373 e. The second kappa shape index (κ2) is 6.52. The minimum atomic E-state index is -3.09. The Labute approximate surface area is 127 Å². The van der Waals surface area contributed by atoms with Crippen molar-refractivity contribution in [2.75, 3.05) is 38.2 Å². The van der Waals surface area contributed by atoms with Gasteiger partial charge in [0.15, 0.2) is 0 Å². The quantitative estimate of drug-likeness (QED) is 0.821. The number of morpholine rings is 1. The molecular weight excluding hydrogens is 292 g/mol. The van der Waals surface area contributed by atoms with E-state index in [1.165, 1.54) is 25.5 Å². The molecule has 2 rings (SSSR count). The molecule has 0 aromatic carbocycles. The van der Waals surface area contributed by atoms with Crippen molar-refractivity contribution < 1.29 is 17.9 Å². The molecule has 2 amide bonds. The van der Waals surface area contributed by atoms with Gasteiger partial charge in [-0.3, -0.25) is 0 Å². The van der Waals surface area contributed by atoms with Crippen molar-refractivity contribution in [3.05, 3.63) is 0 Å². The maximum absolute atomic E-state index is 12.2. The van der Waals surface area contributed by atoms with Gasteiger partial charge in [-0.05, 0) is 24.7 Å². The van der Waals surface area contributed by atoms with Crippen LogP contribution in [0.15, 0.2) is 0 Å². The zero-order valence-corrected chi connectivity index (χ0v) is 13.7. The highest BCUT2D eigenvalue weighted by Gasteiger charge is 2.36. The third kappa shape index (κ3) is 4.57. The fourth-order valence-electron chi connectivity index (χ4n) is 3.05. The summed E-state index contributed by atoms with van der Waals surface area (Å²) in [6, 6.07) is -0.100. The molecule has 21 heavy (non-hydrogen) atoms. The van der Waals surface area contributed by atoms with Crippen LogP contribution < -0.4 is 5.32 Å². The molecule has 122 valence electrons. The van der Waals surface area contributed by atoms with Crippen LogP contribution >= 0.6 is 0 Å². The number of rotatable bonds is 5. The zero-order valence-electron chi connectivity index (χ0n) is 12.9. The van der Waals surface area contributed by atoms with E-state index < -0.39 is 15.9 Å². The summed E-state index contributed by atoms with van der Waals surface area (Å²) in [4.78, 5) is 13.9. The number of ether oxygens (including phenoxy) is 1. The van der Waals surface area contributed by atoms with Crippen molar-refractivity contribution in [2.24, 2.45) is 5.41 Å². The normalized spacial score (nSPS) is 25.2. The lowest BCUT2D eigenvalue weighted by atomic mass is 9.67. The molecule has 1 aliphatic carbocycles. The van der Waals surface area contributed by atoms with E-state index in [4.69, 9.17) is 4.74 Å². The lowest BCUT2D eigenvalue weighted by molar-refractivity contribution is -0.00258. The highest BCUT2D eigenvalue weighted by atomic mass is 32.2. The Hall–Kier alpha value is -0.820. The lowest BCUT2D eigenvalue weighted by Gasteiger charge is -2.42. The summed E-state index contributed by atoms with van der Waals surface area (Å²) in [6.45, 7) is 4.15. The Morgan fingerprint density at radius 3 is 2.67 bits per heavy atom. The zero-order chi connectivity index (χ0) is 15.5. The summed E-state index contributed by atoms with van der Waals surface area (Å²) in [5.41, 5.74) is 0.286. The van der Waals surface area contributed by atoms with Crippen molar-refractivity contribution in [2.45, 2.75) is 38.7 Å². The molecule has 1 unspecified atom stereocenters. The van der Waals surface area contributed by atoms with E-state index in [2.05, 4.69) is 12.2 Å². The number of nitrogens with one attached hydrogen (secondary N) is 1. The topological polar surface area (TPSA) is 75.7 Å². The summed E-state index contributed by atoms with van der Waals surface area (Å²) in [6.07, 6.45) is 5.48. The van der Waals surface area contributed by atoms with Crippen LogP contribution in [0, 0.1) is 5.41 Å². The Kier molecular flexibility index (Phi) is 5.14. The van der Waals surface area contributed by atoms with E-state index in [9.17, 15) is 13.2 Å². The second-order valence-corrected chi connectivity index (χ2v) is 8.58. The van der Waals surface area contributed by atoms with Crippen molar-refractivity contribution in [1.82, 2.24) is 10.2 Å². The molecule has 0 aromatic heterocycles. The van der Waals surface area contributed by atoms with Crippen molar-refractivity contribution >= 4 is 15.9 Å². The standard InChI is InChI=1S/C14H26N2O4S/c1-3-14(5-4-6-14)11-15-13(17)16-7-8-20-12(9-16)10-21(2,18)19/h12H,3-11H2,1-2H3,(H,15,17). The molecule has 7 heteroatoms. The highest BCUT2D eigenvalue weighted by Crippen LogP contribution is 2.43. The molecule has 0 radical (unpaired) electrons. The van der Waals surface area contributed by atoms with Gasteiger partial charge in [-0.2, -0.15) is 0 Å². The fourth-order valence-corrected chi connectivity index (χ4v) is 3.93. The van der Waals surface area contributed by atoms with Gasteiger partial charge in [-0.15, -0.1) is 0 Å². The first-order chi connectivity index (χ1) is 9.84. The Morgan fingerprint density at radius 2 is 2.14 bits per heavy atom. The molecule has 1 N–H and O–H groups in total. The van der Waals surface area contributed by atoms with E-state index >= 15 is 0 Å². The van der Waals surface area contributed by atoms with Gasteiger partial charge in [0.05, 0.1) is 18.5 Å². The molecule has 6 nitrogen and oxygen atoms in total. The van der Waals surface area contributed by atoms with Gasteiger partial charge in [0.2, 0.25) is 0 Å². The molecule has 0 spiro atoms. The first kappa shape index (κ1) is 16.5. The Morgan fingerprint density at radius 1 is 1.43 bits per heavy atom. The molecule has 1 aliphatic heterocycles. The number of sulfone groups is 1. The van der Waals surface area contributed by atoms with Gasteiger partial charge < -0.3 is 15.0 Å². The summed E-state index contributed by atoms with van der Waals surface area (Å²) >= 11 is 0. The smallest absolute Gasteiger partial charge is 0.317 e. The minimum Gasteiger partial charge on any atom is -0.373 e. The molecule has 1 atom stereocenters. The van der Waals surface area contributed by atoms with Crippen LogP contribution in [0.2, 0.25) is 0 Å². The number of carbonyl (C=O) groups is 1. The van der Waals surface area contributed by atoms with Gasteiger partial charge in [-0.25, -0.2) is 13.2 Å². The third-order valence-corrected chi connectivity index (χ3v) is 5.67. The summed E-state index contributed by atoms with van der Waals surface area (Å²) in [7, 11) is -3.09. The maximum atomic E-state index is 12.2. The van der Waals surface area contributed by atoms with Gasteiger partial charge in [0.1, 0.15) is 9.84 Å². The highest BCUT2D eigenvalue weighted by molar-refractivity contribution is 7.90. The second-order valence-electron chi connectivity index (χ2n) is 6.40. The van der Waals surface area contributed by atoms with Gasteiger partial charge in [0, 0.05) is 25.9 Å². The van der Waals surface area contributed by atoms with Crippen LogP contribution in [0.5, 0.6) is 0 Å². The Bertz CT molecular complexity index is 468. The molecule has 1 saturated carbocycles. The van der Waals surface area contributed by atoms with E-state index in [1.54, 1.807) is 4.90 Å². The number of hydrogen-bond donors (Lipinski definition) is 1. The van der Waals surface area contributed by atoms with Crippen LogP contribution in [0.1, 0.15) is 32.6 Å². The fraction of sp³-hybridized carbons (Fsp3) is 0.929. The number of hydrogen-bond acceptors (Lipinski definition) is 4. The first-order valence-corrected chi connectivity index (χ1v) is 9.72. The molecule has 2 fully saturated rings. The number of nitrogens with zero attached hydrogens (tertiary/aromatic N) is 1. The summed E-state index contributed by atoms with van der Waals surface area (Å²) < 4.78 is 28.1. The molecule has 1 saturated heterocycles. The van der Waals surface area contributed by atoms with Crippen molar-refractivity contribution in [3.8, 4) is 0 Å². The molecule has 2 aliphatic rings. The van der Waals surface area contributed by atoms with Gasteiger partial charge in [-0.1, -0.05) is 13.3 Å². The average Bonchev–Trinajstić information content (AvgIpc) is 2.36. The monoisotopic (exact) mass is 318 g/mol. The lowest BCUT2D eigenvalue weighted by Crippen LogP contribution is -2.53. The van der Waals surface area contributed by atoms with Crippen LogP contribution in [-0.2, 0) is 14.6 Å². The van der Waals surface area contributed by atoms with Crippen LogP contribution in [-0.4, -0.2) is 63.7 Å². The number of urea groups is 1. The van der Waals surface area contributed by atoms with Crippen LogP contribution in [0.4, 0.5) is 4.79 Å². The van der Waals surface area contributed by atoms with E-state index in [0.29, 0.717) is 19.7 Å². The van der Waals surface area contributed by atoms with Gasteiger partial charge in [0.25, 0.3) is 0 Å². The predicted molar refractivity (Wildman–Crippen MR) is 81.0 cm³/mol. The predicted octanol–water partition coefficient (Wildman–Crippen LogP) is 1.02. The van der Waals surface area contributed by atoms with Crippen molar-refractivity contribution in [1.29, 1.82) is 0 Å². The van der Waals surface area contributed by atoms with E-state index in [1.807, 2.05) is 0 Å². The van der Waals surface area contributed by atoms with Crippen molar-refractivity contribution in [3.63, 3.8) is 0 Å². The van der Waals surface area contributed by atoms with E-state index in [-0.39, 0.29) is 17.2 Å². The molecule has 0 bridgehead atoms. The maximum Gasteiger partial charge on any atom is 0.317 e. The summed E-state index contributed by atoms with van der Waals surface area (Å²) in [5, 5.41) is 3.01. The average molecular weight is 318 g/mol. The van der Waals surface area contributed by atoms with Gasteiger partial charge >= 0.3 is 6.03 Å². The van der Waals surface area contributed by atoms with Crippen LogP contribution in [0.25, 0.3) is 0 Å². The van der Waals surface area contributed by atoms with Crippen LogP contribution in [0.3, 0.4) is 0 Å². The summed E-state index contributed by atoms with van der Waals surface area (Å²) in [5.74, 6) is -0.0321. The number of carbonyl (C=O) groups excluding carboxylic acids is 1. The number of amides is 2. The van der Waals surface area contributed by atoms with E-state index in [0.717, 1.165) is 13.0 Å². The Balaban J connectivity index is 1.81. The first-order valence-electron chi connectivity index (χ1n) is 7.66. The molecule has 1 heterocycles.